The molecule has 0 spiro atoms. The molecule has 1 amide bonds. The van der Waals surface area contributed by atoms with Gasteiger partial charge >= 0.3 is 0 Å². The Balaban J connectivity index is 1.51. The van der Waals surface area contributed by atoms with Gasteiger partial charge in [-0.1, -0.05) is 5.21 Å². The van der Waals surface area contributed by atoms with Gasteiger partial charge in [-0.25, -0.2) is 9.50 Å². The van der Waals surface area contributed by atoms with Gasteiger partial charge in [-0.15, -0.1) is 5.10 Å². The molecular formula is C16H21N7O. The predicted molar refractivity (Wildman–Crippen MR) is 89.4 cm³/mol. The zero-order valence-corrected chi connectivity index (χ0v) is 13.4. The molecule has 8 heteroatoms. The van der Waals surface area contributed by atoms with E-state index in [0.29, 0.717) is 11.8 Å². The molecule has 126 valence electrons. The monoisotopic (exact) mass is 327 g/mol. The van der Waals surface area contributed by atoms with E-state index in [0.717, 1.165) is 54.5 Å². The Labute approximate surface area is 138 Å². The highest BCUT2D eigenvalue weighted by molar-refractivity contribution is 5.92. The Kier molecular flexibility index (Phi) is 3.89. The minimum absolute atomic E-state index is 0.0579. The molecule has 0 saturated heterocycles. The van der Waals surface area contributed by atoms with Crippen LogP contribution in [0.3, 0.4) is 0 Å². The molecule has 1 aliphatic carbocycles. The van der Waals surface area contributed by atoms with Crippen molar-refractivity contribution in [2.24, 2.45) is 11.7 Å². The van der Waals surface area contributed by atoms with E-state index >= 15 is 0 Å². The molecule has 3 aromatic rings. The Morgan fingerprint density at radius 3 is 3.00 bits per heavy atom. The third kappa shape index (κ3) is 2.62. The smallest absolute Gasteiger partial charge is 0.233 e. The first-order valence-corrected chi connectivity index (χ1v) is 8.40. The van der Waals surface area contributed by atoms with Crippen LogP contribution in [0.15, 0.2) is 18.6 Å². The van der Waals surface area contributed by atoms with Crippen LogP contribution in [-0.4, -0.2) is 43.8 Å². The summed E-state index contributed by atoms with van der Waals surface area (Å²) in [5, 5.41) is 12.6. The Morgan fingerprint density at radius 1 is 1.38 bits per heavy atom. The summed E-state index contributed by atoms with van der Waals surface area (Å²) in [5.41, 5.74) is 8.31. The van der Waals surface area contributed by atoms with Crippen LogP contribution < -0.4 is 11.1 Å². The van der Waals surface area contributed by atoms with E-state index in [9.17, 15) is 4.79 Å². The molecule has 0 unspecified atom stereocenters. The summed E-state index contributed by atoms with van der Waals surface area (Å²) in [4.78, 5) is 18.8. The molecule has 3 aromatic heterocycles. The van der Waals surface area contributed by atoms with Crippen LogP contribution in [0.25, 0.3) is 16.6 Å². The van der Waals surface area contributed by atoms with Crippen molar-refractivity contribution in [1.29, 1.82) is 0 Å². The first kappa shape index (κ1) is 15.1. The van der Waals surface area contributed by atoms with Crippen molar-refractivity contribution in [1.82, 2.24) is 30.1 Å². The maximum atomic E-state index is 11.3. The zero-order chi connectivity index (χ0) is 16.5. The number of hydrogen-bond donors (Lipinski definition) is 3. The van der Waals surface area contributed by atoms with Gasteiger partial charge in [0, 0.05) is 24.0 Å². The zero-order valence-electron chi connectivity index (χ0n) is 13.4. The lowest BCUT2D eigenvalue weighted by Crippen LogP contribution is -2.35. The molecule has 0 aliphatic heterocycles. The molecular weight excluding hydrogens is 306 g/mol. The van der Waals surface area contributed by atoms with E-state index in [1.54, 1.807) is 10.8 Å². The standard InChI is InChI=1S/C16H21N7O/c17-7-13(24)19-8-10-1-3-11(4-2-10)14-15-12-5-6-18-16(12)20-9-23(15)22-21-14/h5-6,9-11,18H,1-4,7-8,17H2,(H,19,24). The number of nitrogens with zero attached hydrogens (tertiary/aromatic N) is 4. The van der Waals surface area contributed by atoms with Gasteiger partial charge in [0.1, 0.15) is 17.5 Å². The topological polar surface area (TPSA) is 114 Å². The third-order valence-electron chi connectivity index (χ3n) is 5.00. The Hall–Kier alpha value is -2.48. The highest BCUT2D eigenvalue weighted by Gasteiger charge is 2.27. The highest BCUT2D eigenvalue weighted by atomic mass is 16.1. The van der Waals surface area contributed by atoms with E-state index in [4.69, 9.17) is 5.73 Å². The number of carbonyl (C=O) groups is 1. The van der Waals surface area contributed by atoms with Gasteiger partial charge in [-0.2, -0.15) is 0 Å². The van der Waals surface area contributed by atoms with Gasteiger partial charge in [0.25, 0.3) is 0 Å². The number of aromatic amines is 1. The lowest BCUT2D eigenvalue weighted by molar-refractivity contribution is -0.119. The van der Waals surface area contributed by atoms with Gasteiger partial charge in [0.15, 0.2) is 0 Å². The van der Waals surface area contributed by atoms with Crippen molar-refractivity contribution in [3.05, 3.63) is 24.3 Å². The molecule has 24 heavy (non-hydrogen) atoms. The number of hydrogen-bond acceptors (Lipinski definition) is 5. The Morgan fingerprint density at radius 2 is 2.21 bits per heavy atom. The largest absolute Gasteiger partial charge is 0.355 e. The van der Waals surface area contributed by atoms with Crippen molar-refractivity contribution in [3.8, 4) is 0 Å². The normalized spacial score (nSPS) is 21.4. The summed E-state index contributed by atoms with van der Waals surface area (Å²) in [5.74, 6) is 0.848. The van der Waals surface area contributed by atoms with Crippen molar-refractivity contribution in [2.75, 3.05) is 13.1 Å². The second-order valence-corrected chi connectivity index (χ2v) is 6.48. The number of carbonyl (C=O) groups excluding carboxylic acids is 1. The number of nitrogens with one attached hydrogen (secondary N) is 2. The fourth-order valence-corrected chi connectivity index (χ4v) is 3.66. The number of fused-ring (bicyclic) bond motifs is 3. The van der Waals surface area contributed by atoms with Gasteiger partial charge in [-0.3, -0.25) is 4.79 Å². The maximum absolute atomic E-state index is 11.3. The molecule has 4 rings (SSSR count). The minimum atomic E-state index is -0.0798. The number of H-pyrrole nitrogens is 1. The van der Waals surface area contributed by atoms with E-state index < -0.39 is 0 Å². The summed E-state index contributed by atoms with van der Waals surface area (Å²) in [7, 11) is 0. The first-order chi connectivity index (χ1) is 11.8. The first-order valence-electron chi connectivity index (χ1n) is 8.40. The van der Waals surface area contributed by atoms with Crippen molar-refractivity contribution in [3.63, 3.8) is 0 Å². The molecule has 1 saturated carbocycles. The van der Waals surface area contributed by atoms with Crippen LogP contribution in [0.5, 0.6) is 0 Å². The van der Waals surface area contributed by atoms with Crippen LogP contribution in [0.1, 0.15) is 37.3 Å². The molecule has 4 N–H and O–H groups in total. The fraction of sp³-hybridized carbons (Fsp3) is 0.500. The molecule has 8 nitrogen and oxygen atoms in total. The third-order valence-corrected chi connectivity index (χ3v) is 5.00. The van der Waals surface area contributed by atoms with E-state index in [1.165, 1.54) is 0 Å². The van der Waals surface area contributed by atoms with Crippen LogP contribution in [0.4, 0.5) is 0 Å². The minimum Gasteiger partial charge on any atom is -0.355 e. The molecule has 1 fully saturated rings. The van der Waals surface area contributed by atoms with E-state index in [-0.39, 0.29) is 12.5 Å². The number of amides is 1. The number of aromatic nitrogens is 5. The lowest BCUT2D eigenvalue weighted by atomic mass is 9.80. The van der Waals surface area contributed by atoms with Crippen molar-refractivity contribution < 1.29 is 4.79 Å². The molecule has 3 heterocycles. The van der Waals surface area contributed by atoms with Crippen molar-refractivity contribution in [2.45, 2.75) is 31.6 Å². The second kappa shape index (κ2) is 6.20. The number of rotatable bonds is 4. The average Bonchev–Trinajstić information content (AvgIpc) is 3.25. The van der Waals surface area contributed by atoms with Crippen molar-refractivity contribution >= 4 is 22.5 Å². The van der Waals surface area contributed by atoms with E-state index in [2.05, 4.69) is 25.6 Å². The quantitative estimate of drug-likeness (QED) is 0.660. The molecule has 0 atom stereocenters. The number of nitrogens with two attached hydrogens (primary N) is 1. The summed E-state index contributed by atoms with van der Waals surface area (Å²) in [6, 6.07) is 2.03. The molecule has 0 aromatic carbocycles. The second-order valence-electron chi connectivity index (χ2n) is 6.48. The Bertz CT molecular complexity index is 860. The summed E-state index contributed by atoms with van der Waals surface area (Å²) in [6.45, 7) is 0.777. The van der Waals surface area contributed by atoms with Crippen LogP contribution >= 0.6 is 0 Å². The fourth-order valence-electron chi connectivity index (χ4n) is 3.66. The molecule has 1 aliphatic rings. The van der Waals surface area contributed by atoms with Crippen LogP contribution in [-0.2, 0) is 4.79 Å². The maximum Gasteiger partial charge on any atom is 0.233 e. The SMILES string of the molecule is NCC(=O)NCC1CCC(c2nnn3cnc4[nH]ccc4c23)CC1. The predicted octanol–water partition coefficient (Wildman–Crippen LogP) is 0.954. The highest BCUT2D eigenvalue weighted by Crippen LogP contribution is 2.37. The van der Waals surface area contributed by atoms with Gasteiger partial charge in [0.2, 0.25) is 5.91 Å². The van der Waals surface area contributed by atoms with Crippen LogP contribution in [0.2, 0.25) is 0 Å². The van der Waals surface area contributed by atoms with Gasteiger partial charge < -0.3 is 16.0 Å². The molecule has 0 bridgehead atoms. The summed E-state index contributed by atoms with van der Waals surface area (Å²) >= 11 is 0. The van der Waals surface area contributed by atoms with Gasteiger partial charge in [0.05, 0.1) is 12.2 Å². The lowest BCUT2D eigenvalue weighted by Gasteiger charge is -2.27. The van der Waals surface area contributed by atoms with Crippen LogP contribution in [0, 0.1) is 5.92 Å². The summed E-state index contributed by atoms with van der Waals surface area (Å²) in [6.07, 6.45) is 7.88. The molecule has 0 radical (unpaired) electrons. The van der Waals surface area contributed by atoms with E-state index in [1.807, 2.05) is 12.3 Å². The summed E-state index contributed by atoms with van der Waals surface area (Å²) < 4.78 is 1.76. The van der Waals surface area contributed by atoms with Gasteiger partial charge in [-0.05, 0) is 37.7 Å². The average molecular weight is 327 g/mol.